The Morgan fingerprint density at radius 3 is 1.79 bits per heavy atom. The Morgan fingerprint density at radius 2 is 1.38 bits per heavy atom. The molecule has 0 aliphatic heterocycles. The van der Waals surface area contributed by atoms with E-state index in [1.54, 1.807) is 0 Å². The molecule has 0 bridgehead atoms. The highest BCUT2D eigenvalue weighted by Gasteiger charge is 1.98. The Hall–Kier alpha value is -2.54. The van der Waals surface area contributed by atoms with Gasteiger partial charge in [-0.2, -0.15) is 0 Å². The van der Waals surface area contributed by atoms with Crippen molar-refractivity contribution in [1.29, 1.82) is 0 Å². The highest BCUT2D eigenvalue weighted by atomic mass is 16.6. The van der Waals surface area contributed by atoms with Crippen molar-refractivity contribution < 1.29 is 24.0 Å². The van der Waals surface area contributed by atoms with Crippen LogP contribution in [0.2, 0.25) is 0 Å². The maximum Gasteiger partial charge on any atom is 0.243 e. The van der Waals surface area contributed by atoms with Gasteiger partial charge in [-0.25, -0.2) is 5.48 Å². The predicted octanol–water partition coefficient (Wildman–Crippen LogP) is 4.12. The quantitative estimate of drug-likeness (QED) is 0.305. The van der Waals surface area contributed by atoms with Gasteiger partial charge in [0.25, 0.3) is 0 Å². The normalized spacial score (nSPS) is 8.41. The molecule has 0 saturated heterocycles. The maximum atomic E-state index is 10.8. The molecule has 0 atom stereocenters. The fourth-order valence-corrected chi connectivity index (χ4v) is 1.77. The fourth-order valence-electron chi connectivity index (χ4n) is 1.77. The van der Waals surface area contributed by atoms with E-state index in [1.807, 2.05) is 51.2 Å². The molecule has 1 aromatic carbocycles. The second-order valence-corrected chi connectivity index (χ2v) is 5.38. The lowest BCUT2D eigenvalue weighted by Gasteiger charge is -2.00. The maximum absolute atomic E-state index is 10.8. The van der Waals surface area contributed by atoms with E-state index in [0.717, 1.165) is 50.2 Å². The van der Waals surface area contributed by atoms with Crippen LogP contribution in [-0.4, -0.2) is 38.9 Å². The van der Waals surface area contributed by atoms with Gasteiger partial charge in [0.1, 0.15) is 18.9 Å². The summed E-state index contributed by atoms with van der Waals surface area (Å²) >= 11 is 0. The third-order valence-electron chi connectivity index (χ3n) is 3.16. The second-order valence-electron chi connectivity index (χ2n) is 5.38. The van der Waals surface area contributed by atoms with Crippen molar-refractivity contribution in [2.24, 2.45) is 0 Å². The van der Waals surface area contributed by atoms with Crippen LogP contribution in [0.5, 0.6) is 0 Å². The molecular formula is C22H38N2O5. The summed E-state index contributed by atoms with van der Waals surface area (Å²) in [5.41, 5.74) is 3.41. The number of nitrogens with one attached hydrogen (secondary N) is 2. The Balaban J connectivity index is -0.000000360. The number of hydrogen-bond acceptors (Lipinski definition) is 6. The van der Waals surface area contributed by atoms with Crippen molar-refractivity contribution in [2.75, 3.05) is 19.5 Å². The van der Waals surface area contributed by atoms with Crippen molar-refractivity contribution >= 4 is 30.5 Å². The topological polar surface area (TPSA) is 102 Å². The molecule has 0 aromatic heterocycles. The van der Waals surface area contributed by atoms with Gasteiger partial charge in [0.05, 0.1) is 7.11 Å². The molecule has 7 nitrogen and oxygen atoms in total. The number of amides is 1. The molecule has 0 saturated carbocycles. The standard InChI is InChI=1S/C9H17NO3.C7H9N.C4H6O2.C2H6/c1-13-10-9(12)7-5-3-2-4-6-8-11;1-8-7-5-3-2-4-6-7;5-3-1-2-4-6;1-2/h8H,2-7H2,1H3,(H,10,12);2-6,8H,1H3;3-4H,1-2H2;1-2H3. The molecule has 7 heteroatoms. The summed E-state index contributed by atoms with van der Waals surface area (Å²) in [6, 6.07) is 10.1. The van der Waals surface area contributed by atoms with Crippen molar-refractivity contribution in [3.05, 3.63) is 30.3 Å². The molecule has 0 aliphatic rings. The van der Waals surface area contributed by atoms with E-state index in [-0.39, 0.29) is 5.91 Å². The number of unbranched alkanes of at least 4 members (excludes halogenated alkanes) is 5. The number of aldehydes is 3. The van der Waals surface area contributed by atoms with E-state index < -0.39 is 0 Å². The van der Waals surface area contributed by atoms with Crippen molar-refractivity contribution in [1.82, 2.24) is 5.48 Å². The first kappa shape index (κ1) is 31.2. The van der Waals surface area contributed by atoms with Gasteiger partial charge in [-0.1, -0.05) is 44.9 Å². The van der Waals surface area contributed by atoms with E-state index >= 15 is 0 Å². The van der Waals surface area contributed by atoms with Gasteiger partial charge in [0.2, 0.25) is 5.91 Å². The summed E-state index contributed by atoms with van der Waals surface area (Å²) in [5.74, 6) is -0.0853. The van der Waals surface area contributed by atoms with Crippen LogP contribution in [0, 0.1) is 0 Å². The first-order chi connectivity index (χ1) is 14.2. The van der Waals surface area contributed by atoms with E-state index in [2.05, 4.69) is 15.6 Å². The van der Waals surface area contributed by atoms with Gasteiger partial charge in [0.15, 0.2) is 0 Å². The fraction of sp³-hybridized carbons (Fsp3) is 0.545. The Kier molecular flexibility index (Phi) is 32.4. The van der Waals surface area contributed by atoms with E-state index in [0.29, 0.717) is 25.7 Å². The third-order valence-corrected chi connectivity index (χ3v) is 3.16. The number of benzene rings is 1. The third kappa shape index (κ3) is 30.4. The number of hydrogen-bond donors (Lipinski definition) is 2. The highest BCUT2D eigenvalue weighted by molar-refractivity contribution is 5.74. The zero-order valence-corrected chi connectivity index (χ0v) is 18.3. The van der Waals surface area contributed by atoms with E-state index in [9.17, 15) is 19.2 Å². The monoisotopic (exact) mass is 410 g/mol. The number of carbonyl (C=O) groups excluding carboxylic acids is 4. The summed E-state index contributed by atoms with van der Waals surface area (Å²) in [6.45, 7) is 4.00. The van der Waals surface area contributed by atoms with Crippen LogP contribution in [0.3, 0.4) is 0 Å². The summed E-state index contributed by atoms with van der Waals surface area (Å²) in [7, 11) is 3.33. The van der Waals surface area contributed by atoms with Gasteiger partial charge >= 0.3 is 0 Å². The van der Waals surface area contributed by atoms with Crippen LogP contribution >= 0.6 is 0 Å². The summed E-state index contributed by atoms with van der Waals surface area (Å²) in [4.78, 5) is 44.1. The molecular weight excluding hydrogens is 372 g/mol. The average Bonchev–Trinajstić information content (AvgIpc) is 2.77. The molecule has 0 fully saturated rings. The van der Waals surface area contributed by atoms with Crippen LogP contribution in [0.1, 0.15) is 65.2 Å². The number of hydroxylamine groups is 1. The zero-order chi connectivity index (χ0) is 22.6. The molecule has 1 rings (SSSR count). The van der Waals surface area contributed by atoms with Crippen LogP contribution in [0.25, 0.3) is 0 Å². The van der Waals surface area contributed by atoms with Crippen molar-refractivity contribution in [2.45, 2.75) is 65.2 Å². The highest BCUT2D eigenvalue weighted by Crippen LogP contribution is 2.04. The van der Waals surface area contributed by atoms with E-state index in [4.69, 9.17) is 0 Å². The van der Waals surface area contributed by atoms with Crippen LogP contribution in [0.15, 0.2) is 30.3 Å². The Morgan fingerprint density at radius 1 is 0.862 bits per heavy atom. The summed E-state index contributed by atoms with van der Waals surface area (Å²) in [5, 5.41) is 3.03. The molecule has 2 N–H and O–H groups in total. The average molecular weight is 411 g/mol. The first-order valence-electron chi connectivity index (χ1n) is 10.0. The molecule has 0 radical (unpaired) electrons. The minimum Gasteiger partial charge on any atom is -0.388 e. The van der Waals surface area contributed by atoms with Crippen molar-refractivity contribution in [3.63, 3.8) is 0 Å². The van der Waals surface area contributed by atoms with Gasteiger partial charge in [0, 0.05) is 38.4 Å². The Bertz CT molecular complexity index is 473. The predicted molar refractivity (Wildman–Crippen MR) is 118 cm³/mol. The van der Waals surface area contributed by atoms with E-state index in [1.165, 1.54) is 7.11 Å². The van der Waals surface area contributed by atoms with Gasteiger partial charge < -0.3 is 19.7 Å². The van der Waals surface area contributed by atoms with Crippen molar-refractivity contribution in [3.8, 4) is 0 Å². The van der Waals surface area contributed by atoms with Crippen LogP contribution < -0.4 is 10.8 Å². The van der Waals surface area contributed by atoms with Gasteiger partial charge in [-0.05, 0) is 25.0 Å². The second kappa shape index (κ2) is 30.2. The molecule has 1 aromatic rings. The van der Waals surface area contributed by atoms with Gasteiger partial charge in [-0.15, -0.1) is 0 Å². The summed E-state index contributed by atoms with van der Waals surface area (Å²) < 4.78 is 0. The zero-order valence-electron chi connectivity index (χ0n) is 18.3. The SMILES string of the molecule is CC.CNc1ccccc1.CONC(=O)CCCCCCC=O.O=CCCC=O. The smallest absolute Gasteiger partial charge is 0.243 e. The Labute approximate surface area is 175 Å². The number of anilines is 1. The largest absolute Gasteiger partial charge is 0.388 e. The number of carbonyl (C=O) groups is 4. The van der Waals surface area contributed by atoms with Crippen LogP contribution in [-0.2, 0) is 24.0 Å². The summed E-state index contributed by atoms with van der Waals surface area (Å²) in [6.07, 6.45) is 8.03. The lowest BCUT2D eigenvalue weighted by Crippen LogP contribution is -2.21. The van der Waals surface area contributed by atoms with Crippen LogP contribution in [0.4, 0.5) is 5.69 Å². The molecule has 0 aliphatic carbocycles. The first-order valence-corrected chi connectivity index (χ1v) is 10.0. The minimum absolute atomic E-state index is 0.0853. The molecule has 1 amide bonds. The lowest BCUT2D eigenvalue weighted by molar-refractivity contribution is -0.131. The molecule has 0 heterocycles. The molecule has 166 valence electrons. The molecule has 29 heavy (non-hydrogen) atoms. The molecule has 0 unspecified atom stereocenters. The number of rotatable bonds is 12. The molecule has 0 spiro atoms. The minimum atomic E-state index is -0.0853. The number of para-hydroxylation sites is 1. The lowest BCUT2D eigenvalue weighted by atomic mass is 10.1. The van der Waals surface area contributed by atoms with Gasteiger partial charge in [-0.3, -0.25) is 9.63 Å².